The number of benzene rings is 3. The van der Waals surface area contributed by atoms with E-state index in [0.29, 0.717) is 36.2 Å². The summed E-state index contributed by atoms with van der Waals surface area (Å²) in [6, 6.07) is 22.9. The molecule has 15 nitrogen and oxygen atoms in total. The summed E-state index contributed by atoms with van der Waals surface area (Å²) in [5.74, 6) is 2.36. The highest BCUT2D eigenvalue weighted by atomic mass is 16.6. The van der Waals surface area contributed by atoms with E-state index in [1.807, 2.05) is 71.4 Å². The number of hydrogen-bond acceptors (Lipinski definition) is 12. The molecule has 3 unspecified atom stereocenters. The molecular formula is C43H44N9O6+. The van der Waals surface area contributed by atoms with E-state index < -0.39 is 18.2 Å². The number of nitrogens with zero attached hydrogens (tertiary/aromatic N) is 7. The summed E-state index contributed by atoms with van der Waals surface area (Å²) < 4.78 is 20.0. The molecule has 0 spiro atoms. The van der Waals surface area contributed by atoms with Crippen LogP contribution in [0, 0.1) is 0 Å². The van der Waals surface area contributed by atoms with Crippen LogP contribution in [0.5, 0.6) is 17.2 Å². The van der Waals surface area contributed by atoms with E-state index in [-0.39, 0.29) is 24.3 Å². The van der Waals surface area contributed by atoms with Gasteiger partial charge < -0.3 is 19.9 Å². The normalized spacial score (nSPS) is 24.4. The van der Waals surface area contributed by atoms with Crippen LogP contribution in [0.2, 0.25) is 0 Å². The van der Waals surface area contributed by atoms with Gasteiger partial charge in [0.05, 0.1) is 0 Å². The molecule has 3 amide bonds. The van der Waals surface area contributed by atoms with E-state index in [0.717, 1.165) is 98.1 Å². The number of ether oxygens (including phenoxy) is 3. The maximum atomic E-state index is 13.4. The first-order valence-electron chi connectivity index (χ1n) is 20.1. The first-order chi connectivity index (χ1) is 28.4. The Morgan fingerprint density at radius 1 is 0.862 bits per heavy atom. The number of carbonyl (C=O) groups is 3. The second-order valence-corrected chi connectivity index (χ2v) is 15.6. The Kier molecular flexibility index (Phi) is 9.42. The van der Waals surface area contributed by atoms with Gasteiger partial charge in [-0.25, -0.2) is 0 Å². The monoisotopic (exact) mass is 782 g/mol. The molecule has 0 radical (unpaired) electrons. The molecule has 0 bridgehead atoms. The number of hydrazone groups is 1. The fraction of sp³-hybridized carbons (Fsp3) is 0.372. The van der Waals surface area contributed by atoms with Gasteiger partial charge >= 0.3 is 5.82 Å². The molecule has 3 atom stereocenters. The fourth-order valence-corrected chi connectivity index (χ4v) is 8.99. The summed E-state index contributed by atoms with van der Waals surface area (Å²) >= 11 is 0. The van der Waals surface area contributed by atoms with Crippen LogP contribution >= 0.6 is 0 Å². The van der Waals surface area contributed by atoms with Crippen LogP contribution in [0.1, 0.15) is 71.7 Å². The van der Waals surface area contributed by atoms with E-state index in [1.165, 1.54) is 16.9 Å². The van der Waals surface area contributed by atoms with Gasteiger partial charge in [-0.15, -0.1) is 4.68 Å². The minimum Gasteiger partial charge on any atom is -0.492 e. The number of epoxide rings is 1. The third-order valence-corrected chi connectivity index (χ3v) is 12.1. The lowest BCUT2D eigenvalue weighted by atomic mass is 9.92. The van der Waals surface area contributed by atoms with Crippen molar-refractivity contribution in [2.45, 2.75) is 62.9 Å². The Bertz CT molecular complexity index is 2330. The second kappa shape index (κ2) is 15.0. The molecule has 6 heterocycles. The van der Waals surface area contributed by atoms with Gasteiger partial charge in [-0.2, -0.15) is 4.98 Å². The number of anilines is 1. The first-order valence-corrected chi connectivity index (χ1v) is 20.1. The molecular weight excluding hydrogens is 739 g/mol. The summed E-state index contributed by atoms with van der Waals surface area (Å²) in [5.41, 5.74) is 11.4. The van der Waals surface area contributed by atoms with E-state index in [1.54, 1.807) is 6.07 Å². The molecule has 58 heavy (non-hydrogen) atoms. The van der Waals surface area contributed by atoms with Crippen LogP contribution in [-0.2, 0) is 14.3 Å². The van der Waals surface area contributed by atoms with Crippen LogP contribution in [0.3, 0.4) is 0 Å². The maximum Gasteiger partial charge on any atom is 0.363 e. The number of aromatic nitrogens is 2. The number of hydrogen-bond donors (Lipinski definition) is 2. The van der Waals surface area contributed by atoms with Crippen molar-refractivity contribution in [2.24, 2.45) is 5.10 Å². The summed E-state index contributed by atoms with van der Waals surface area (Å²) in [4.78, 5) is 53.1. The highest BCUT2D eigenvalue weighted by Gasteiger charge is 2.56. The smallest absolute Gasteiger partial charge is 0.363 e. The highest BCUT2D eigenvalue weighted by Crippen LogP contribution is 2.49. The number of amides is 3. The topological polar surface area (TPSA) is 171 Å². The van der Waals surface area contributed by atoms with Gasteiger partial charge in [-0.05, 0) is 78.8 Å². The van der Waals surface area contributed by atoms with E-state index >= 15 is 0 Å². The largest absolute Gasteiger partial charge is 0.492 e. The number of imide groups is 1. The minimum atomic E-state index is -0.705. The van der Waals surface area contributed by atoms with E-state index in [2.05, 4.69) is 25.1 Å². The third kappa shape index (κ3) is 6.88. The van der Waals surface area contributed by atoms with Crippen molar-refractivity contribution in [2.75, 3.05) is 45.1 Å². The zero-order valence-corrected chi connectivity index (χ0v) is 32.0. The van der Waals surface area contributed by atoms with Crippen molar-refractivity contribution in [1.82, 2.24) is 30.0 Å². The predicted octanol–water partition coefficient (Wildman–Crippen LogP) is 4.00. The van der Waals surface area contributed by atoms with E-state index in [4.69, 9.17) is 25.0 Å². The number of nitrogen functional groups attached to an aromatic ring is 1. The summed E-state index contributed by atoms with van der Waals surface area (Å²) in [5, 5.41) is 7.43. The lowest BCUT2D eigenvalue weighted by Gasteiger charge is -2.40. The molecule has 6 aliphatic rings. The average molecular weight is 783 g/mol. The number of piperazine rings is 1. The minimum absolute atomic E-state index is 0.204. The quantitative estimate of drug-likeness (QED) is 0.143. The molecule has 1 saturated carbocycles. The second-order valence-electron chi connectivity index (χ2n) is 15.6. The number of fused-ring (bicyclic) bond motifs is 4. The summed E-state index contributed by atoms with van der Waals surface area (Å²) in [6.07, 6.45) is 5.19. The molecule has 1 aliphatic carbocycles. The molecule has 296 valence electrons. The predicted molar refractivity (Wildman–Crippen MR) is 212 cm³/mol. The lowest BCUT2D eigenvalue weighted by molar-refractivity contribution is -0.448. The SMILES string of the molecule is Nc1ncnc2c1C(c1ccc(Oc3ccccc3)cc1)=N[N+]2=C1CCC(N2CCN(CCOc3ccc4c(c3)C3OC3N(C3CCC(=O)NC3=O)C4=O)CC2)CC1. The summed E-state index contributed by atoms with van der Waals surface area (Å²) in [7, 11) is 0. The number of piperidine rings is 1. The highest BCUT2D eigenvalue weighted by molar-refractivity contribution is 6.18. The van der Waals surface area contributed by atoms with E-state index in [9.17, 15) is 14.4 Å². The van der Waals surface area contributed by atoms with Gasteiger partial charge in [-0.3, -0.25) is 34.4 Å². The standard InChI is InChI=1S/C43H43N9O6/c44-39-36-37(26-6-12-30(13-7-26)57-29-4-2-1-3-5-29)48-52(40(36)46-25-45-39)28-10-8-27(9-11-28)50-20-18-49(19-21-50)22-23-56-31-14-15-32-33(24-31)38-43(58-38)51(42(32)55)34-16-17-35(53)47-41(34)54/h1-7,12-15,24-25,27,34,38,43H,8-11,16-23H2,(H2-,44,45,46,47,48,53,54)/p+1. The number of carbonyl (C=O) groups excluding carboxylic acids is 3. The van der Waals surface area contributed by atoms with Crippen molar-refractivity contribution in [3.8, 4) is 17.2 Å². The molecule has 1 aromatic heterocycles. The molecule has 10 rings (SSSR count). The average Bonchev–Trinajstić information content (AvgIpc) is 3.95. The van der Waals surface area contributed by atoms with Crippen LogP contribution in [0.25, 0.3) is 0 Å². The molecule has 3 N–H and O–H groups in total. The Labute approximate surface area is 335 Å². The molecule has 15 heteroatoms. The Balaban J connectivity index is 0.719. The Morgan fingerprint density at radius 2 is 1.62 bits per heavy atom. The zero-order chi connectivity index (χ0) is 39.3. The number of rotatable bonds is 9. The molecule has 3 saturated heterocycles. The van der Waals surface area contributed by atoms with Gasteiger partial charge in [0.25, 0.3) is 5.91 Å². The number of para-hydroxylation sites is 1. The third-order valence-electron chi connectivity index (χ3n) is 12.1. The van der Waals surface area contributed by atoms with Crippen molar-refractivity contribution in [3.05, 3.63) is 101 Å². The Hall–Kier alpha value is -6.03. The molecule has 4 aromatic rings. The first kappa shape index (κ1) is 36.3. The van der Waals surface area contributed by atoms with Gasteiger partial charge in [0, 0.05) is 74.7 Å². The molecule has 5 aliphatic heterocycles. The van der Waals surface area contributed by atoms with Gasteiger partial charge in [0.15, 0.2) is 6.23 Å². The zero-order valence-electron chi connectivity index (χ0n) is 32.0. The van der Waals surface area contributed by atoms with Crippen LogP contribution in [-0.4, -0.2) is 116 Å². The number of nitrogens with two attached hydrogens (primary N) is 1. The van der Waals surface area contributed by atoms with Crippen LogP contribution in [0.15, 0.2) is 84.2 Å². The van der Waals surface area contributed by atoms with Gasteiger partial charge in [0.1, 0.15) is 58.8 Å². The number of nitrogens with one attached hydrogen (secondary N) is 1. The Morgan fingerprint density at radius 3 is 2.40 bits per heavy atom. The van der Waals surface area contributed by atoms with Crippen molar-refractivity contribution < 1.29 is 33.3 Å². The van der Waals surface area contributed by atoms with Crippen molar-refractivity contribution >= 4 is 40.8 Å². The molecule has 4 fully saturated rings. The fourth-order valence-electron chi connectivity index (χ4n) is 8.99. The molecule has 3 aromatic carbocycles. The lowest BCUT2D eigenvalue weighted by Crippen LogP contribution is -2.56. The van der Waals surface area contributed by atoms with Gasteiger partial charge in [-0.1, -0.05) is 23.3 Å². The van der Waals surface area contributed by atoms with Gasteiger partial charge in [0.2, 0.25) is 18.1 Å². The van der Waals surface area contributed by atoms with Crippen LogP contribution < -0.4 is 20.5 Å². The van der Waals surface area contributed by atoms with Crippen molar-refractivity contribution in [1.29, 1.82) is 0 Å². The maximum absolute atomic E-state index is 13.4. The summed E-state index contributed by atoms with van der Waals surface area (Å²) in [6.45, 7) is 5.30. The van der Waals surface area contributed by atoms with Crippen molar-refractivity contribution in [3.63, 3.8) is 0 Å². The van der Waals surface area contributed by atoms with Crippen LogP contribution in [0.4, 0.5) is 11.6 Å².